The average Bonchev–Trinajstić information content (AvgIpc) is 2.81. The summed E-state index contributed by atoms with van der Waals surface area (Å²) >= 11 is 0. The number of fused-ring (bicyclic) bond motifs is 1. The Morgan fingerprint density at radius 2 is 1.68 bits per heavy atom. The number of aliphatic imine (C=N–C) groups is 1. The number of guanidine groups is 1. The van der Waals surface area contributed by atoms with Crippen LogP contribution in [0.4, 0.5) is 0 Å². The first-order valence-corrected chi connectivity index (χ1v) is 7.48. The number of nitrogens with one attached hydrogen (secondary N) is 1. The van der Waals surface area contributed by atoms with E-state index < -0.39 is 0 Å². The van der Waals surface area contributed by atoms with Gasteiger partial charge in [0.05, 0.1) is 6.04 Å². The van der Waals surface area contributed by atoms with Gasteiger partial charge in [-0.25, -0.2) is 0 Å². The van der Waals surface area contributed by atoms with E-state index in [0.717, 1.165) is 12.8 Å². The molecule has 19 heavy (non-hydrogen) atoms. The minimum atomic E-state index is 0.421. The molecule has 0 unspecified atom stereocenters. The van der Waals surface area contributed by atoms with Gasteiger partial charge in [0.2, 0.25) is 0 Å². The molecule has 2 aliphatic rings. The summed E-state index contributed by atoms with van der Waals surface area (Å²) in [7, 11) is 0. The Hall–Kier alpha value is -1.51. The van der Waals surface area contributed by atoms with Crippen molar-refractivity contribution in [1.29, 1.82) is 0 Å². The van der Waals surface area contributed by atoms with Crippen molar-refractivity contribution in [2.45, 2.75) is 57.0 Å². The number of nitrogens with zero attached hydrogens (tertiary/aromatic N) is 1. The van der Waals surface area contributed by atoms with Crippen molar-refractivity contribution >= 4 is 5.96 Å². The summed E-state index contributed by atoms with van der Waals surface area (Å²) in [4.78, 5) is 4.65. The molecular formula is C16H23N3. The molecule has 0 heterocycles. The van der Waals surface area contributed by atoms with Crippen LogP contribution in [0.15, 0.2) is 29.3 Å². The topological polar surface area (TPSA) is 50.4 Å². The lowest BCUT2D eigenvalue weighted by molar-refractivity contribution is 0.441. The normalized spacial score (nSPS) is 21.4. The minimum Gasteiger partial charge on any atom is -0.370 e. The van der Waals surface area contributed by atoms with Crippen LogP contribution in [0.1, 0.15) is 43.2 Å². The van der Waals surface area contributed by atoms with Crippen LogP contribution in [0, 0.1) is 0 Å². The van der Waals surface area contributed by atoms with Crippen molar-refractivity contribution in [3.63, 3.8) is 0 Å². The molecule has 0 radical (unpaired) electrons. The summed E-state index contributed by atoms with van der Waals surface area (Å²) in [6.07, 6.45) is 8.50. The lowest BCUT2D eigenvalue weighted by Gasteiger charge is -2.20. The Morgan fingerprint density at radius 3 is 2.32 bits per heavy atom. The SMILES string of the molecule is NC(=NC1CCCCC1)NC1Cc2ccccc2C1. The second-order valence-electron chi connectivity index (χ2n) is 5.82. The van der Waals surface area contributed by atoms with Gasteiger partial charge in [0.1, 0.15) is 0 Å². The molecule has 3 N–H and O–H groups in total. The smallest absolute Gasteiger partial charge is 0.189 e. The van der Waals surface area contributed by atoms with Crippen molar-refractivity contribution in [3.05, 3.63) is 35.4 Å². The van der Waals surface area contributed by atoms with Gasteiger partial charge in [0.25, 0.3) is 0 Å². The predicted molar refractivity (Wildman–Crippen MR) is 79.3 cm³/mol. The number of rotatable bonds is 2. The molecule has 102 valence electrons. The molecule has 3 rings (SSSR count). The summed E-state index contributed by atoms with van der Waals surface area (Å²) < 4.78 is 0. The van der Waals surface area contributed by atoms with Gasteiger partial charge in [0.15, 0.2) is 5.96 Å². The third-order valence-electron chi connectivity index (χ3n) is 4.30. The first-order valence-electron chi connectivity index (χ1n) is 7.48. The molecule has 0 saturated heterocycles. The van der Waals surface area contributed by atoms with E-state index in [1.54, 1.807) is 0 Å². The van der Waals surface area contributed by atoms with Crippen LogP contribution in [0.5, 0.6) is 0 Å². The molecule has 0 bridgehead atoms. The quantitative estimate of drug-likeness (QED) is 0.631. The standard InChI is InChI=1S/C16H23N3/c17-16(18-14-8-2-1-3-9-14)19-15-10-12-6-4-5-7-13(12)11-15/h4-7,14-15H,1-3,8-11H2,(H3,17,18,19). The first kappa shape index (κ1) is 12.5. The van der Waals surface area contributed by atoms with Crippen LogP contribution >= 0.6 is 0 Å². The molecule has 3 heteroatoms. The van der Waals surface area contributed by atoms with E-state index >= 15 is 0 Å². The zero-order valence-corrected chi connectivity index (χ0v) is 11.4. The Bertz CT molecular complexity index is 436. The fraction of sp³-hybridized carbons (Fsp3) is 0.562. The van der Waals surface area contributed by atoms with Crippen molar-refractivity contribution in [3.8, 4) is 0 Å². The van der Waals surface area contributed by atoms with Crippen molar-refractivity contribution in [2.75, 3.05) is 0 Å². The zero-order chi connectivity index (χ0) is 13.1. The number of hydrogen-bond donors (Lipinski definition) is 2. The molecule has 0 aliphatic heterocycles. The maximum Gasteiger partial charge on any atom is 0.189 e. The van der Waals surface area contributed by atoms with E-state index in [4.69, 9.17) is 5.73 Å². The van der Waals surface area contributed by atoms with Crippen LogP contribution in [0.25, 0.3) is 0 Å². The van der Waals surface area contributed by atoms with E-state index in [-0.39, 0.29) is 0 Å². The molecule has 1 saturated carbocycles. The highest BCUT2D eigenvalue weighted by atomic mass is 15.1. The molecule has 3 nitrogen and oxygen atoms in total. The molecular weight excluding hydrogens is 234 g/mol. The summed E-state index contributed by atoms with van der Waals surface area (Å²) in [5.74, 6) is 0.643. The van der Waals surface area contributed by atoms with Gasteiger partial charge in [-0.1, -0.05) is 43.5 Å². The lowest BCUT2D eigenvalue weighted by Crippen LogP contribution is -2.41. The Kier molecular flexibility index (Phi) is 3.72. The van der Waals surface area contributed by atoms with Gasteiger partial charge >= 0.3 is 0 Å². The van der Waals surface area contributed by atoms with E-state index in [9.17, 15) is 0 Å². The van der Waals surface area contributed by atoms with Crippen LogP contribution in [0.3, 0.4) is 0 Å². The van der Waals surface area contributed by atoms with Crippen molar-refractivity contribution in [2.24, 2.45) is 10.7 Å². The number of benzene rings is 1. The number of nitrogens with two attached hydrogens (primary N) is 1. The van der Waals surface area contributed by atoms with Gasteiger partial charge < -0.3 is 11.1 Å². The van der Waals surface area contributed by atoms with Gasteiger partial charge in [0, 0.05) is 6.04 Å². The first-order chi connectivity index (χ1) is 9.31. The van der Waals surface area contributed by atoms with Crippen molar-refractivity contribution < 1.29 is 0 Å². The number of hydrogen-bond acceptors (Lipinski definition) is 1. The fourth-order valence-corrected chi connectivity index (χ4v) is 3.31. The maximum absolute atomic E-state index is 6.06. The minimum absolute atomic E-state index is 0.421. The summed E-state index contributed by atoms with van der Waals surface area (Å²) in [6, 6.07) is 9.52. The van der Waals surface area contributed by atoms with Crippen LogP contribution in [0.2, 0.25) is 0 Å². The zero-order valence-electron chi connectivity index (χ0n) is 11.4. The lowest BCUT2D eigenvalue weighted by atomic mass is 9.96. The Morgan fingerprint density at radius 1 is 1.05 bits per heavy atom. The molecule has 0 spiro atoms. The predicted octanol–water partition coefficient (Wildman–Crippen LogP) is 2.39. The van der Waals surface area contributed by atoms with Crippen LogP contribution in [-0.4, -0.2) is 18.0 Å². The molecule has 2 aliphatic carbocycles. The average molecular weight is 257 g/mol. The largest absolute Gasteiger partial charge is 0.370 e. The molecule has 0 aromatic heterocycles. The molecule has 0 atom stereocenters. The molecule has 1 aromatic rings. The monoisotopic (exact) mass is 257 g/mol. The molecule has 1 aromatic carbocycles. The summed E-state index contributed by atoms with van der Waals surface area (Å²) in [5.41, 5.74) is 8.96. The molecule has 1 fully saturated rings. The van der Waals surface area contributed by atoms with Crippen molar-refractivity contribution in [1.82, 2.24) is 5.32 Å². The maximum atomic E-state index is 6.06. The summed E-state index contributed by atoms with van der Waals surface area (Å²) in [5, 5.41) is 3.40. The Labute approximate surface area is 115 Å². The second kappa shape index (κ2) is 5.64. The van der Waals surface area contributed by atoms with E-state index in [0.29, 0.717) is 18.0 Å². The van der Waals surface area contributed by atoms with Crippen LogP contribution < -0.4 is 11.1 Å². The van der Waals surface area contributed by atoms with Crippen LogP contribution in [-0.2, 0) is 12.8 Å². The molecule has 0 amide bonds. The van der Waals surface area contributed by atoms with E-state index in [1.807, 2.05) is 0 Å². The van der Waals surface area contributed by atoms with E-state index in [2.05, 4.69) is 34.6 Å². The fourth-order valence-electron chi connectivity index (χ4n) is 3.31. The van der Waals surface area contributed by atoms with Gasteiger partial charge in [-0.05, 0) is 36.8 Å². The Balaban J connectivity index is 1.56. The van der Waals surface area contributed by atoms with E-state index in [1.165, 1.54) is 43.2 Å². The highest BCUT2D eigenvalue weighted by Gasteiger charge is 2.21. The summed E-state index contributed by atoms with van der Waals surface area (Å²) in [6.45, 7) is 0. The highest BCUT2D eigenvalue weighted by molar-refractivity contribution is 5.78. The van der Waals surface area contributed by atoms with Gasteiger partial charge in [-0.3, -0.25) is 4.99 Å². The highest BCUT2D eigenvalue weighted by Crippen LogP contribution is 2.22. The van der Waals surface area contributed by atoms with Gasteiger partial charge in [-0.2, -0.15) is 0 Å². The second-order valence-corrected chi connectivity index (χ2v) is 5.82. The third-order valence-corrected chi connectivity index (χ3v) is 4.30. The van der Waals surface area contributed by atoms with Gasteiger partial charge in [-0.15, -0.1) is 0 Å². The third kappa shape index (κ3) is 3.09.